The molecule has 1 aliphatic heterocycles. The lowest BCUT2D eigenvalue weighted by Crippen LogP contribution is -2.52. The number of anilines is 1. The minimum Gasteiger partial charge on any atom is -0.334 e. The van der Waals surface area contributed by atoms with Crippen LogP contribution in [0.3, 0.4) is 0 Å². The van der Waals surface area contributed by atoms with E-state index in [9.17, 15) is 22.4 Å². The van der Waals surface area contributed by atoms with Crippen LogP contribution in [0, 0.1) is 12.7 Å². The fourth-order valence-electron chi connectivity index (χ4n) is 5.46. The molecule has 1 saturated carbocycles. The number of carbonyl (C=O) groups excluding carboxylic acids is 2. The molecule has 3 amide bonds. The summed E-state index contributed by atoms with van der Waals surface area (Å²) in [6.07, 6.45) is 3.44. The van der Waals surface area contributed by atoms with Gasteiger partial charge in [0.25, 0.3) is 0 Å². The van der Waals surface area contributed by atoms with E-state index in [4.69, 9.17) is 0 Å². The second-order valence-electron chi connectivity index (χ2n) is 11.4. The molecule has 0 bridgehead atoms. The van der Waals surface area contributed by atoms with Gasteiger partial charge in [0.1, 0.15) is 5.82 Å². The van der Waals surface area contributed by atoms with Crippen LogP contribution < -0.4 is 5.32 Å². The third kappa shape index (κ3) is 7.61. The van der Waals surface area contributed by atoms with Gasteiger partial charge in [0.15, 0.2) is 0 Å². The fraction of sp³-hybridized carbons (Fsp3) is 0.394. The van der Waals surface area contributed by atoms with Gasteiger partial charge in [-0.3, -0.25) is 4.79 Å². The zero-order valence-electron chi connectivity index (χ0n) is 24.7. The van der Waals surface area contributed by atoms with E-state index in [0.717, 1.165) is 23.2 Å². The smallest absolute Gasteiger partial charge is 0.321 e. The lowest BCUT2D eigenvalue weighted by atomic mass is 10.0. The van der Waals surface area contributed by atoms with Gasteiger partial charge < -0.3 is 15.1 Å². The number of hydrogen-bond acceptors (Lipinski definition) is 4. The van der Waals surface area contributed by atoms with Gasteiger partial charge in [0.05, 0.1) is 11.4 Å². The molecule has 2 aliphatic rings. The Kier molecular flexibility index (Phi) is 9.46. The van der Waals surface area contributed by atoms with Crippen LogP contribution in [0.1, 0.15) is 49.3 Å². The topological polar surface area (TPSA) is 90.0 Å². The lowest BCUT2D eigenvalue weighted by Gasteiger charge is -2.39. The van der Waals surface area contributed by atoms with E-state index in [2.05, 4.69) is 12.2 Å². The van der Waals surface area contributed by atoms with Crippen molar-refractivity contribution in [2.45, 2.75) is 69.5 Å². The molecule has 3 aromatic carbocycles. The number of rotatable bonds is 10. The van der Waals surface area contributed by atoms with E-state index < -0.39 is 10.0 Å². The zero-order valence-corrected chi connectivity index (χ0v) is 25.5. The van der Waals surface area contributed by atoms with Crippen molar-refractivity contribution >= 4 is 27.6 Å². The zero-order chi connectivity index (χ0) is 30.6. The number of nitrogens with zero attached hydrogens (tertiary/aromatic N) is 3. The van der Waals surface area contributed by atoms with Gasteiger partial charge in [0, 0.05) is 37.4 Å². The SMILES string of the molecule is CCc1ccc(NC(=O)N2CCC(N(Cc3ccc(F)cc3)C(=O)CN(C3CC3)S(=O)(=O)c3ccc(C)cc3)CC2)cc1. The van der Waals surface area contributed by atoms with E-state index in [-0.39, 0.29) is 47.8 Å². The molecule has 0 spiro atoms. The molecule has 2 fully saturated rings. The van der Waals surface area contributed by atoms with Gasteiger partial charge in [-0.2, -0.15) is 4.31 Å². The maximum atomic E-state index is 14.0. The summed E-state index contributed by atoms with van der Waals surface area (Å²) in [4.78, 5) is 30.6. The first-order valence-electron chi connectivity index (χ1n) is 14.9. The number of amides is 3. The number of aryl methyl sites for hydroxylation is 2. The number of nitrogens with one attached hydrogen (secondary N) is 1. The highest BCUT2D eigenvalue weighted by Gasteiger charge is 2.41. The molecule has 0 unspecified atom stereocenters. The third-order valence-corrected chi connectivity index (χ3v) is 10.2. The Bertz CT molecular complexity index is 1520. The van der Waals surface area contributed by atoms with E-state index in [1.165, 1.54) is 22.0 Å². The second kappa shape index (κ2) is 13.3. The quantitative estimate of drug-likeness (QED) is 0.327. The normalized spacial score (nSPS) is 15.9. The fourth-order valence-corrected chi connectivity index (χ4v) is 7.09. The highest BCUT2D eigenvalue weighted by molar-refractivity contribution is 7.89. The van der Waals surface area contributed by atoms with Crippen LogP contribution in [0.5, 0.6) is 0 Å². The Morgan fingerprint density at radius 3 is 2.05 bits per heavy atom. The van der Waals surface area contributed by atoms with Crippen LogP contribution in [-0.2, 0) is 27.8 Å². The highest BCUT2D eigenvalue weighted by atomic mass is 32.2. The van der Waals surface area contributed by atoms with Crippen molar-refractivity contribution in [3.63, 3.8) is 0 Å². The standard InChI is InChI=1S/C33H39FN4O4S/c1-3-25-8-12-28(13-9-25)35-33(40)36-20-18-29(19-21-36)37(22-26-6-10-27(34)11-7-26)32(39)23-38(30-14-15-30)43(41,42)31-16-4-24(2)5-17-31/h4-13,16-17,29-30H,3,14-15,18-23H2,1-2H3,(H,35,40). The van der Waals surface area contributed by atoms with Gasteiger partial charge in [-0.15, -0.1) is 0 Å². The average molecular weight is 607 g/mol. The number of urea groups is 1. The Morgan fingerprint density at radius 2 is 1.47 bits per heavy atom. The summed E-state index contributed by atoms with van der Waals surface area (Å²) in [5.41, 5.74) is 3.63. The number of carbonyl (C=O) groups is 2. The Balaban J connectivity index is 1.30. The second-order valence-corrected chi connectivity index (χ2v) is 13.3. The molecule has 1 heterocycles. The molecular formula is C33H39FN4O4S. The summed E-state index contributed by atoms with van der Waals surface area (Å²) in [7, 11) is -3.87. The molecule has 3 aromatic rings. The summed E-state index contributed by atoms with van der Waals surface area (Å²) in [5, 5.41) is 2.95. The summed E-state index contributed by atoms with van der Waals surface area (Å²) >= 11 is 0. The van der Waals surface area contributed by atoms with Gasteiger partial charge in [-0.1, -0.05) is 48.9 Å². The van der Waals surface area contributed by atoms with E-state index >= 15 is 0 Å². The summed E-state index contributed by atoms with van der Waals surface area (Å²) in [5.74, 6) is -0.666. The number of sulfonamides is 1. The molecule has 5 rings (SSSR count). The molecule has 43 heavy (non-hydrogen) atoms. The van der Waals surface area contributed by atoms with Gasteiger partial charge in [-0.25, -0.2) is 17.6 Å². The summed E-state index contributed by atoms with van der Waals surface area (Å²) in [6, 6.07) is 19.8. The molecule has 0 atom stereocenters. The summed E-state index contributed by atoms with van der Waals surface area (Å²) in [6.45, 7) is 4.83. The van der Waals surface area contributed by atoms with Gasteiger partial charge >= 0.3 is 6.03 Å². The molecule has 1 aliphatic carbocycles. The van der Waals surface area contributed by atoms with Gasteiger partial charge in [0.2, 0.25) is 15.9 Å². The van der Waals surface area contributed by atoms with Crippen molar-refractivity contribution in [1.29, 1.82) is 0 Å². The molecule has 0 aromatic heterocycles. The number of piperidine rings is 1. The van der Waals surface area contributed by atoms with Crippen molar-refractivity contribution in [2.24, 2.45) is 0 Å². The molecule has 0 radical (unpaired) electrons. The van der Waals surface area contributed by atoms with Crippen molar-refractivity contribution in [3.8, 4) is 0 Å². The Labute approximate surface area is 253 Å². The van der Waals surface area contributed by atoms with Crippen molar-refractivity contribution < 1.29 is 22.4 Å². The largest absolute Gasteiger partial charge is 0.334 e. The maximum Gasteiger partial charge on any atom is 0.321 e. The Hall–Kier alpha value is -3.76. The van der Waals surface area contributed by atoms with E-state index in [1.54, 1.807) is 46.2 Å². The predicted molar refractivity (Wildman–Crippen MR) is 164 cm³/mol. The monoisotopic (exact) mass is 606 g/mol. The van der Waals surface area contributed by atoms with Crippen molar-refractivity contribution in [1.82, 2.24) is 14.1 Å². The summed E-state index contributed by atoms with van der Waals surface area (Å²) < 4.78 is 42.2. The highest BCUT2D eigenvalue weighted by Crippen LogP contribution is 2.33. The first-order chi connectivity index (χ1) is 20.6. The lowest BCUT2D eigenvalue weighted by molar-refractivity contribution is -0.135. The maximum absolute atomic E-state index is 14.0. The van der Waals surface area contributed by atoms with Crippen LogP contribution in [0.15, 0.2) is 77.7 Å². The van der Waals surface area contributed by atoms with Crippen molar-refractivity contribution in [3.05, 3.63) is 95.3 Å². The third-order valence-electron chi connectivity index (χ3n) is 8.27. The Morgan fingerprint density at radius 1 is 0.860 bits per heavy atom. The number of hydrogen-bond donors (Lipinski definition) is 1. The van der Waals surface area contributed by atoms with Crippen LogP contribution in [-0.4, -0.2) is 66.2 Å². The first-order valence-corrected chi connectivity index (χ1v) is 16.4. The molecule has 10 heteroatoms. The van der Waals surface area contributed by atoms with E-state index in [0.29, 0.717) is 38.8 Å². The molecule has 1 saturated heterocycles. The molecule has 228 valence electrons. The van der Waals surface area contributed by atoms with Crippen LogP contribution in [0.25, 0.3) is 0 Å². The number of benzene rings is 3. The first kappa shape index (κ1) is 30.7. The molecule has 1 N–H and O–H groups in total. The molecule has 8 nitrogen and oxygen atoms in total. The number of likely N-dealkylation sites (tertiary alicyclic amines) is 1. The van der Waals surface area contributed by atoms with E-state index in [1.807, 2.05) is 31.2 Å². The van der Waals surface area contributed by atoms with Crippen LogP contribution in [0.4, 0.5) is 14.9 Å². The minimum atomic E-state index is -3.87. The van der Waals surface area contributed by atoms with Crippen LogP contribution in [0.2, 0.25) is 0 Å². The molecular weight excluding hydrogens is 567 g/mol. The minimum absolute atomic E-state index is 0.173. The predicted octanol–water partition coefficient (Wildman–Crippen LogP) is 5.57. The van der Waals surface area contributed by atoms with Gasteiger partial charge in [-0.05, 0) is 86.6 Å². The number of halogens is 1. The average Bonchev–Trinajstić information content (AvgIpc) is 3.85. The van der Waals surface area contributed by atoms with Crippen molar-refractivity contribution in [2.75, 3.05) is 25.0 Å². The van der Waals surface area contributed by atoms with Crippen LogP contribution >= 0.6 is 0 Å².